The monoisotopic (exact) mass is 286 g/mol. The van der Waals surface area contributed by atoms with Crippen LogP contribution < -0.4 is 5.32 Å². The fourth-order valence-electron chi connectivity index (χ4n) is 1.85. The Kier molecular flexibility index (Phi) is 4.53. The maximum atomic E-state index is 11.8. The number of rotatable bonds is 3. The summed E-state index contributed by atoms with van der Waals surface area (Å²) in [5.41, 5.74) is 2.73. The first-order chi connectivity index (χ1) is 9.54. The first-order valence-corrected chi connectivity index (χ1v) is 6.61. The van der Waals surface area contributed by atoms with Gasteiger partial charge in [0.25, 0.3) is 0 Å². The van der Waals surface area contributed by atoms with Gasteiger partial charge in [-0.15, -0.1) is 0 Å². The SMILES string of the molecule is Cc1cc(C)nc(NC(=O)/C=C\c2ccccc2Cl)c1. The van der Waals surface area contributed by atoms with Crippen molar-refractivity contribution in [2.75, 3.05) is 5.32 Å². The highest BCUT2D eigenvalue weighted by atomic mass is 35.5. The molecule has 0 unspecified atom stereocenters. The van der Waals surface area contributed by atoms with Crippen LogP contribution in [-0.4, -0.2) is 10.9 Å². The molecular formula is C16H15ClN2O. The van der Waals surface area contributed by atoms with Crippen LogP contribution in [0.1, 0.15) is 16.8 Å². The number of halogens is 1. The van der Waals surface area contributed by atoms with Crippen LogP contribution in [0.5, 0.6) is 0 Å². The Morgan fingerprint density at radius 2 is 2.00 bits per heavy atom. The molecule has 3 nitrogen and oxygen atoms in total. The van der Waals surface area contributed by atoms with E-state index in [-0.39, 0.29) is 5.91 Å². The zero-order valence-corrected chi connectivity index (χ0v) is 12.1. The number of carbonyl (C=O) groups excluding carboxylic acids is 1. The molecule has 102 valence electrons. The minimum Gasteiger partial charge on any atom is -0.307 e. The molecule has 0 bridgehead atoms. The molecule has 2 aromatic rings. The Bertz CT molecular complexity index is 645. The average molecular weight is 287 g/mol. The van der Waals surface area contributed by atoms with E-state index in [0.717, 1.165) is 16.8 Å². The molecule has 1 heterocycles. The first-order valence-electron chi connectivity index (χ1n) is 6.23. The van der Waals surface area contributed by atoms with Gasteiger partial charge in [-0.05, 0) is 49.2 Å². The minimum absolute atomic E-state index is 0.234. The number of anilines is 1. The molecule has 0 aliphatic carbocycles. The van der Waals surface area contributed by atoms with Crippen LogP contribution >= 0.6 is 11.6 Å². The molecule has 0 aliphatic heterocycles. The maximum absolute atomic E-state index is 11.8. The van der Waals surface area contributed by atoms with E-state index >= 15 is 0 Å². The molecule has 20 heavy (non-hydrogen) atoms. The van der Waals surface area contributed by atoms with Gasteiger partial charge in [-0.2, -0.15) is 0 Å². The van der Waals surface area contributed by atoms with Crippen LogP contribution in [0, 0.1) is 13.8 Å². The predicted molar refractivity (Wildman–Crippen MR) is 82.8 cm³/mol. The average Bonchev–Trinajstić information content (AvgIpc) is 2.36. The van der Waals surface area contributed by atoms with Gasteiger partial charge in [-0.3, -0.25) is 4.79 Å². The second kappa shape index (κ2) is 6.35. The molecule has 2 rings (SSSR count). The van der Waals surface area contributed by atoms with E-state index in [1.807, 2.05) is 44.2 Å². The fourth-order valence-corrected chi connectivity index (χ4v) is 2.05. The highest BCUT2D eigenvalue weighted by Crippen LogP contribution is 2.16. The fraction of sp³-hybridized carbons (Fsp3) is 0.125. The minimum atomic E-state index is -0.234. The molecule has 0 spiro atoms. The molecule has 1 aromatic heterocycles. The third-order valence-electron chi connectivity index (χ3n) is 2.67. The van der Waals surface area contributed by atoms with E-state index in [1.54, 1.807) is 12.1 Å². The summed E-state index contributed by atoms with van der Waals surface area (Å²) in [6, 6.07) is 11.1. The largest absolute Gasteiger partial charge is 0.307 e. The molecule has 0 radical (unpaired) electrons. The lowest BCUT2D eigenvalue weighted by Gasteiger charge is -2.04. The standard InChI is InChI=1S/C16H15ClN2O/c1-11-9-12(2)18-15(10-11)19-16(20)8-7-13-5-3-4-6-14(13)17/h3-10H,1-2H3,(H,18,19,20)/b8-7-. The Balaban J connectivity index is 2.07. The summed E-state index contributed by atoms with van der Waals surface area (Å²) in [4.78, 5) is 16.1. The lowest BCUT2D eigenvalue weighted by atomic mass is 10.2. The number of nitrogens with one attached hydrogen (secondary N) is 1. The summed E-state index contributed by atoms with van der Waals surface area (Å²) in [6.07, 6.45) is 3.13. The van der Waals surface area contributed by atoms with Gasteiger partial charge in [0.15, 0.2) is 0 Å². The zero-order valence-electron chi connectivity index (χ0n) is 11.4. The summed E-state index contributed by atoms with van der Waals surface area (Å²) < 4.78 is 0. The van der Waals surface area contributed by atoms with E-state index in [1.165, 1.54) is 6.08 Å². The van der Waals surface area contributed by atoms with Crippen molar-refractivity contribution >= 4 is 29.4 Å². The maximum Gasteiger partial charge on any atom is 0.249 e. The quantitative estimate of drug-likeness (QED) is 0.867. The molecule has 1 N–H and O–H groups in total. The lowest BCUT2D eigenvalue weighted by molar-refractivity contribution is -0.111. The van der Waals surface area contributed by atoms with Crippen molar-refractivity contribution in [3.63, 3.8) is 0 Å². The van der Waals surface area contributed by atoms with Crippen molar-refractivity contribution in [3.05, 3.63) is 64.3 Å². The summed E-state index contributed by atoms with van der Waals surface area (Å²) in [7, 11) is 0. The number of aryl methyl sites for hydroxylation is 2. The Hall–Kier alpha value is -2.13. The van der Waals surface area contributed by atoms with Crippen LogP contribution in [0.25, 0.3) is 6.08 Å². The van der Waals surface area contributed by atoms with Gasteiger partial charge in [0.05, 0.1) is 0 Å². The highest BCUT2D eigenvalue weighted by Gasteiger charge is 2.01. The third-order valence-corrected chi connectivity index (χ3v) is 3.01. The summed E-state index contributed by atoms with van der Waals surface area (Å²) in [5, 5.41) is 3.35. The molecule has 1 amide bonds. The highest BCUT2D eigenvalue weighted by molar-refractivity contribution is 6.32. The van der Waals surface area contributed by atoms with Crippen LogP contribution in [0.2, 0.25) is 5.02 Å². The Labute approximate surface area is 123 Å². The second-order valence-electron chi connectivity index (χ2n) is 4.52. The van der Waals surface area contributed by atoms with E-state index in [9.17, 15) is 4.79 Å². The van der Waals surface area contributed by atoms with Gasteiger partial charge in [-0.25, -0.2) is 4.98 Å². The molecule has 0 saturated heterocycles. The van der Waals surface area contributed by atoms with E-state index in [0.29, 0.717) is 10.8 Å². The number of hydrogen-bond acceptors (Lipinski definition) is 2. The first kappa shape index (κ1) is 14.3. The van der Waals surface area contributed by atoms with E-state index in [4.69, 9.17) is 11.6 Å². The Morgan fingerprint density at radius 3 is 2.70 bits per heavy atom. The second-order valence-corrected chi connectivity index (χ2v) is 4.92. The molecule has 1 aromatic carbocycles. The summed E-state index contributed by atoms with van der Waals surface area (Å²) in [5.74, 6) is 0.318. The molecule has 0 aliphatic rings. The predicted octanol–water partition coefficient (Wildman–Crippen LogP) is 4.00. The number of benzene rings is 1. The van der Waals surface area contributed by atoms with E-state index in [2.05, 4.69) is 10.3 Å². The van der Waals surface area contributed by atoms with Crippen LogP contribution in [-0.2, 0) is 4.79 Å². The van der Waals surface area contributed by atoms with Crippen molar-refractivity contribution in [3.8, 4) is 0 Å². The van der Waals surface area contributed by atoms with Crippen molar-refractivity contribution in [1.82, 2.24) is 4.98 Å². The molecular weight excluding hydrogens is 272 g/mol. The Morgan fingerprint density at radius 1 is 1.25 bits per heavy atom. The summed E-state index contributed by atoms with van der Waals surface area (Å²) >= 11 is 6.01. The van der Waals surface area contributed by atoms with Gasteiger partial charge in [0.2, 0.25) is 5.91 Å². The van der Waals surface area contributed by atoms with Gasteiger partial charge in [0.1, 0.15) is 5.82 Å². The van der Waals surface area contributed by atoms with Crippen LogP contribution in [0.4, 0.5) is 5.82 Å². The number of nitrogens with zero attached hydrogens (tertiary/aromatic N) is 1. The van der Waals surface area contributed by atoms with Crippen molar-refractivity contribution in [1.29, 1.82) is 0 Å². The van der Waals surface area contributed by atoms with Gasteiger partial charge in [-0.1, -0.05) is 29.8 Å². The van der Waals surface area contributed by atoms with Crippen molar-refractivity contribution in [2.45, 2.75) is 13.8 Å². The smallest absolute Gasteiger partial charge is 0.249 e. The normalized spacial score (nSPS) is 10.8. The topological polar surface area (TPSA) is 42.0 Å². The molecule has 4 heteroatoms. The van der Waals surface area contributed by atoms with Gasteiger partial charge in [0, 0.05) is 16.8 Å². The molecule has 0 saturated carbocycles. The molecule has 0 fully saturated rings. The van der Waals surface area contributed by atoms with Crippen molar-refractivity contribution < 1.29 is 4.79 Å². The lowest BCUT2D eigenvalue weighted by Crippen LogP contribution is -2.09. The summed E-state index contributed by atoms with van der Waals surface area (Å²) in [6.45, 7) is 3.85. The van der Waals surface area contributed by atoms with Crippen molar-refractivity contribution in [2.24, 2.45) is 0 Å². The van der Waals surface area contributed by atoms with E-state index < -0.39 is 0 Å². The number of hydrogen-bond donors (Lipinski definition) is 1. The van der Waals surface area contributed by atoms with Gasteiger partial charge < -0.3 is 5.32 Å². The van der Waals surface area contributed by atoms with Crippen LogP contribution in [0.3, 0.4) is 0 Å². The molecule has 0 atom stereocenters. The third kappa shape index (κ3) is 3.93. The van der Waals surface area contributed by atoms with Crippen LogP contribution in [0.15, 0.2) is 42.5 Å². The zero-order chi connectivity index (χ0) is 14.5. The number of pyridine rings is 1. The number of aromatic nitrogens is 1. The number of carbonyl (C=O) groups is 1. The van der Waals surface area contributed by atoms with Gasteiger partial charge >= 0.3 is 0 Å². The number of amides is 1.